The lowest BCUT2D eigenvalue weighted by Crippen LogP contribution is -2.25. The molecule has 0 N–H and O–H groups in total. The number of aromatic nitrogens is 1. The van der Waals surface area contributed by atoms with Crippen LogP contribution >= 0.6 is 0 Å². The van der Waals surface area contributed by atoms with E-state index in [1.165, 1.54) is 6.07 Å². The first-order valence-corrected chi connectivity index (χ1v) is 3.99. The predicted molar refractivity (Wildman–Crippen MR) is 49.1 cm³/mol. The van der Waals surface area contributed by atoms with Crippen molar-refractivity contribution in [3.8, 4) is 5.88 Å². The lowest BCUT2D eigenvalue weighted by Gasteiger charge is -2.21. The van der Waals surface area contributed by atoms with E-state index in [1.807, 2.05) is 13.8 Å². The molecule has 1 heterocycles. The molecule has 2 nitrogen and oxygen atoms in total. The average molecular weight is 181 g/mol. The summed E-state index contributed by atoms with van der Waals surface area (Å²) >= 11 is 0. The quantitative estimate of drug-likeness (QED) is 0.528. The summed E-state index contributed by atoms with van der Waals surface area (Å²) in [5.41, 5.74) is -0.527. The highest BCUT2D eigenvalue weighted by Crippen LogP contribution is 2.16. The fraction of sp³-hybridized carbons (Fsp3) is 0.300. The molecular weight excluding hydrogens is 169 g/mol. The Balaban J connectivity index is 2.80. The molecule has 1 rings (SSSR count). The third-order valence-electron chi connectivity index (χ3n) is 1.55. The van der Waals surface area contributed by atoms with E-state index < -0.39 is 11.5 Å². The molecule has 0 bridgehead atoms. The first-order chi connectivity index (χ1) is 6.03. The molecule has 0 radical (unpaired) electrons. The van der Waals surface area contributed by atoms with Gasteiger partial charge in [0.1, 0.15) is 5.60 Å². The van der Waals surface area contributed by atoms with Crippen molar-refractivity contribution < 1.29 is 9.13 Å². The Morgan fingerprint density at radius 1 is 1.54 bits per heavy atom. The fourth-order valence-electron chi connectivity index (χ4n) is 0.758. The van der Waals surface area contributed by atoms with Gasteiger partial charge in [0.25, 0.3) is 0 Å². The van der Waals surface area contributed by atoms with Crippen molar-refractivity contribution >= 4 is 0 Å². The lowest BCUT2D eigenvalue weighted by molar-refractivity contribution is 0.153. The second-order valence-electron chi connectivity index (χ2n) is 3.21. The lowest BCUT2D eigenvalue weighted by atomic mass is 10.1. The van der Waals surface area contributed by atoms with E-state index >= 15 is 0 Å². The van der Waals surface area contributed by atoms with E-state index in [9.17, 15) is 4.39 Å². The Hall–Kier alpha value is -1.38. The third kappa shape index (κ3) is 2.86. The SMILES string of the molecule is C=CC(C)(C)Oc1cccc(F)n1. The zero-order valence-electron chi connectivity index (χ0n) is 7.75. The predicted octanol–water partition coefficient (Wildman–Crippen LogP) is 2.56. The zero-order valence-corrected chi connectivity index (χ0v) is 7.75. The minimum Gasteiger partial charge on any atom is -0.467 e. The van der Waals surface area contributed by atoms with E-state index in [0.717, 1.165) is 0 Å². The Morgan fingerprint density at radius 3 is 2.77 bits per heavy atom. The van der Waals surface area contributed by atoms with Gasteiger partial charge in [0.2, 0.25) is 11.8 Å². The van der Waals surface area contributed by atoms with Crippen LogP contribution in [-0.2, 0) is 0 Å². The number of halogens is 1. The minimum atomic E-state index is -0.544. The molecule has 0 aromatic carbocycles. The summed E-state index contributed by atoms with van der Waals surface area (Å²) in [6.45, 7) is 7.26. The monoisotopic (exact) mass is 181 g/mol. The van der Waals surface area contributed by atoms with Crippen LogP contribution in [0.5, 0.6) is 5.88 Å². The maximum absolute atomic E-state index is 12.6. The van der Waals surface area contributed by atoms with Crippen molar-refractivity contribution in [3.63, 3.8) is 0 Å². The summed E-state index contributed by atoms with van der Waals surface area (Å²) < 4.78 is 18.0. The highest BCUT2D eigenvalue weighted by molar-refractivity contribution is 5.12. The number of rotatable bonds is 3. The van der Waals surface area contributed by atoms with Gasteiger partial charge in [0, 0.05) is 6.07 Å². The van der Waals surface area contributed by atoms with Crippen molar-refractivity contribution in [2.75, 3.05) is 0 Å². The Kier molecular flexibility index (Phi) is 2.66. The minimum absolute atomic E-state index is 0.268. The van der Waals surface area contributed by atoms with Gasteiger partial charge in [-0.1, -0.05) is 12.6 Å². The van der Waals surface area contributed by atoms with E-state index in [1.54, 1.807) is 18.2 Å². The molecule has 0 saturated heterocycles. The Bertz CT molecular complexity index is 310. The molecule has 0 unspecified atom stereocenters. The van der Waals surface area contributed by atoms with Gasteiger partial charge in [-0.15, -0.1) is 0 Å². The van der Waals surface area contributed by atoms with Gasteiger partial charge in [-0.3, -0.25) is 0 Å². The maximum Gasteiger partial charge on any atom is 0.216 e. The number of pyridine rings is 1. The molecule has 0 saturated carbocycles. The molecular formula is C10H12FNO. The van der Waals surface area contributed by atoms with E-state index in [2.05, 4.69) is 11.6 Å². The van der Waals surface area contributed by atoms with E-state index in [4.69, 9.17) is 4.74 Å². The van der Waals surface area contributed by atoms with Crippen LogP contribution in [0, 0.1) is 5.95 Å². The second kappa shape index (κ2) is 3.56. The molecule has 1 aromatic heterocycles. The first kappa shape index (κ1) is 9.71. The fourth-order valence-corrected chi connectivity index (χ4v) is 0.758. The first-order valence-electron chi connectivity index (χ1n) is 3.99. The molecule has 0 fully saturated rings. The van der Waals surface area contributed by atoms with Crippen LogP contribution in [0.25, 0.3) is 0 Å². The number of ether oxygens (including phenoxy) is 1. The van der Waals surface area contributed by atoms with Crippen LogP contribution in [0.4, 0.5) is 4.39 Å². The average Bonchev–Trinajstić information content (AvgIpc) is 2.03. The van der Waals surface area contributed by atoms with Crippen molar-refractivity contribution in [3.05, 3.63) is 36.8 Å². The second-order valence-corrected chi connectivity index (χ2v) is 3.21. The normalized spacial score (nSPS) is 11.0. The summed E-state index contributed by atoms with van der Waals surface area (Å²) in [4.78, 5) is 3.57. The number of hydrogen-bond donors (Lipinski definition) is 0. The summed E-state index contributed by atoms with van der Waals surface area (Å²) in [5.74, 6) is -0.276. The van der Waals surface area contributed by atoms with Crippen molar-refractivity contribution in [1.82, 2.24) is 4.98 Å². The Morgan fingerprint density at radius 2 is 2.23 bits per heavy atom. The van der Waals surface area contributed by atoms with Crippen molar-refractivity contribution in [1.29, 1.82) is 0 Å². The molecule has 0 aliphatic rings. The molecule has 0 aliphatic heterocycles. The van der Waals surface area contributed by atoms with Gasteiger partial charge in [-0.2, -0.15) is 9.37 Å². The van der Waals surface area contributed by atoms with E-state index in [0.29, 0.717) is 0 Å². The molecule has 3 heteroatoms. The standard InChI is InChI=1S/C10H12FNO/c1-4-10(2,3)13-9-7-5-6-8(11)12-9/h4-7H,1H2,2-3H3. The van der Waals surface area contributed by atoms with Gasteiger partial charge >= 0.3 is 0 Å². The molecule has 0 aliphatic carbocycles. The molecule has 70 valence electrons. The van der Waals surface area contributed by atoms with Gasteiger partial charge in [-0.05, 0) is 26.0 Å². The van der Waals surface area contributed by atoms with Crippen LogP contribution in [0.15, 0.2) is 30.9 Å². The summed E-state index contributed by atoms with van der Waals surface area (Å²) in [6.07, 6.45) is 1.64. The van der Waals surface area contributed by atoms with Crippen molar-refractivity contribution in [2.24, 2.45) is 0 Å². The van der Waals surface area contributed by atoms with Crippen LogP contribution in [0.2, 0.25) is 0 Å². The van der Waals surface area contributed by atoms with Crippen LogP contribution in [0.3, 0.4) is 0 Å². The zero-order chi connectivity index (χ0) is 9.90. The topological polar surface area (TPSA) is 22.1 Å². The van der Waals surface area contributed by atoms with Gasteiger partial charge in [0.05, 0.1) is 0 Å². The van der Waals surface area contributed by atoms with Gasteiger partial charge in [0.15, 0.2) is 0 Å². The smallest absolute Gasteiger partial charge is 0.216 e. The molecule has 0 atom stereocenters. The number of nitrogens with zero attached hydrogens (tertiary/aromatic N) is 1. The third-order valence-corrected chi connectivity index (χ3v) is 1.55. The largest absolute Gasteiger partial charge is 0.467 e. The summed E-state index contributed by atoms with van der Waals surface area (Å²) in [6, 6.07) is 4.43. The van der Waals surface area contributed by atoms with E-state index in [-0.39, 0.29) is 5.88 Å². The summed E-state index contributed by atoms with van der Waals surface area (Å²) in [7, 11) is 0. The Labute approximate surface area is 77.1 Å². The summed E-state index contributed by atoms with van der Waals surface area (Å²) in [5, 5.41) is 0. The van der Waals surface area contributed by atoms with Crippen molar-refractivity contribution in [2.45, 2.75) is 19.4 Å². The molecule has 13 heavy (non-hydrogen) atoms. The highest BCUT2D eigenvalue weighted by Gasteiger charge is 2.15. The van der Waals surface area contributed by atoms with Gasteiger partial charge < -0.3 is 4.74 Å². The maximum atomic E-state index is 12.6. The van der Waals surface area contributed by atoms with Gasteiger partial charge in [-0.25, -0.2) is 0 Å². The van der Waals surface area contributed by atoms with Crippen LogP contribution < -0.4 is 4.74 Å². The highest BCUT2D eigenvalue weighted by atomic mass is 19.1. The molecule has 1 aromatic rings. The molecule has 0 spiro atoms. The van der Waals surface area contributed by atoms with Crippen LogP contribution in [0.1, 0.15) is 13.8 Å². The van der Waals surface area contributed by atoms with Crippen LogP contribution in [-0.4, -0.2) is 10.6 Å². The molecule has 0 amide bonds. The number of hydrogen-bond acceptors (Lipinski definition) is 2.